The quantitative estimate of drug-likeness (QED) is 0.935. The fourth-order valence-corrected chi connectivity index (χ4v) is 3.62. The fourth-order valence-electron chi connectivity index (χ4n) is 2.43. The standard InChI is InChI=1S/C14H15NO3S/c16-14(17)13(15-5-7-18-8-6-15)12-9-10-3-1-2-4-11(10)19-12/h1-4,9,13H,5-8H2,(H,16,17). The summed E-state index contributed by atoms with van der Waals surface area (Å²) in [6.07, 6.45) is 0. The third kappa shape index (κ3) is 2.49. The van der Waals surface area contributed by atoms with Gasteiger partial charge in [-0.25, -0.2) is 0 Å². The van der Waals surface area contributed by atoms with E-state index in [0.717, 1.165) is 15.0 Å². The highest BCUT2D eigenvalue weighted by molar-refractivity contribution is 7.19. The number of carboxylic acids is 1. The van der Waals surface area contributed by atoms with Crippen molar-refractivity contribution in [2.45, 2.75) is 6.04 Å². The maximum Gasteiger partial charge on any atom is 0.326 e. The molecule has 5 heteroatoms. The third-order valence-corrected chi connectivity index (χ3v) is 4.53. The predicted octanol–water partition coefficient (Wildman–Crippen LogP) is 2.36. The molecule has 1 saturated heterocycles. The van der Waals surface area contributed by atoms with Crippen LogP contribution in [0.25, 0.3) is 10.1 Å². The van der Waals surface area contributed by atoms with E-state index in [4.69, 9.17) is 4.74 Å². The van der Waals surface area contributed by atoms with E-state index >= 15 is 0 Å². The number of hydrogen-bond donors (Lipinski definition) is 1. The van der Waals surface area contributed by atoms with Crippen molar-refractivity contribution in [3.8, 4) is 0 Å². The molecule has 1 fully saturated rings. The highest BCUT2D eigenvalue weighted by Crippen LogP contribution is 2.33. The van der Waals surface area contributed by atoms with Gasteiger partial charge in [-0.05, 0) is 17.5 Å². The van der Waals surface area contributed by atoms with Gasteiger partial charge in [0, 0.05) is 22.7 Å². The third-order valence-electron chi connectivity index (χ3n) is 3.36. The van der Waals surface area contributed by atoms with Gasteiger partial charge in [0.15, 0.2) is 0 Å². The Labute approximate surface area is 115 Å². The van der Waals surface area contributed by atoms with Gasteiger partial charge >= 0.3 is 5.97 Å². The second-order valence-corrected chi connectivity index (χ2v) is 5.69. The number of benzene rings is 1. The summed E-state index contributed by atoms with van der Waals surface area (Å²) < 4.78 is 6.43. The van der Waals surface area contributed by atoms with Crippen molar-refractivity contribution in [1.29, 1.82) is 0 Å². The van der Waals surface area contributed by atoms with Gasteiger partial charge < -0.3 is 9.84 Å². The van der Waals surface area contributed by atoms with Crippen LogP contribution in [0.15, 0.2) is 30.3 Å². The molecule has 1 aliphatic rings. The van der Waals surface area contributed by atoms with Crippen LogP contribution in [0.4, 0.5) is 0 Å². The van der Waals surface area contributed by atoms with Crippen molar-refractivity contribution in [2.24, 2.45) is 0 Å². The number of morpholine rings is 1. The van der Waals surface area contributed by atoms with Crippen LogP contribution in [-0.2, 0) is 9.53 Å². The number of carbonyl (C=O) groups is 1. The monoisotopic (exact) mass is 277 g/mol. The second-order valence-electron chi connectivity index (χ2n) is 4.58. The van der Waals surface area contributed by atoms with Gasteiger partial charge in [0.1, 0.15) is 6.04 Å². The number of fused-ring (bicyclic) bond motifs is 1. The Balaban J connectivity index is 1.96. The maximum atomic E-state index is 11.6. The summed E-state index contributed by atoms with van der Waals surface area (Å²) >= 11 is 1.56. The summed E-state index contributed by atoms with van der Waals surface area (Å²) in [6, 6.07) is 9.45. The van der Waals surface area contributed by atoms with Gasteiger partial charge in [-0.3, -0.25) is 9.69 Å². The number of aliphatic carboxylic acids is 1. The Morgan fingerprint density at radius 1 is 1.32 bits per heavy atom. The largest absolute Gasteiger partial charge is 0.480 e. The van der Waals surface area contributed by atoms with Crippen molar-refractivity contribution in [3.05, 3.63) is 35.2 Å². The molecule has 100 valence electrons. The predicted molar refractivity (Wildman–Crippen MR) is 74.6 cm³/mol. The Bertz CT molecular complexity index is 556. The van der Waals surface area contributed by atoms with Crippen LogP contribution in [-0.4, -0.2) is 42.3 Å². The molecule has 1 N–H and O–H groups in total. The van der Waals surface area contributed by atoms with Crippen molar-refractivity contribution in [1.82, 2.24) is 4.90 Å². The van der Waals surface area contributed by atoms with Crippen LogP contribution >= 0.6 is 11.3 Å². The summed E-state index contributed by atoms with van der Waals surface area (Å²) in [6.45, 7) is 2.56. The zero-order chi connectivity index (χ0) is 13.2. The molecule has 1 aliphatic heterocycles. The lowest BCUT2D eigenvalue weighted by Crippen LogP contribution is -2.41. The van der Waals surface area contributed by atoms with E-state index in [1.807, 2.05) is 35.2 Å². The van der Waals surface area contributed by atoms with Gasteiger partial charge in [0.05, 0.1) is 13.2 Å². The smallest absolute Gasteiger partial charge is 0.326 e. The topological polar surface area (TPSA) is 49.8 Å². The Morgan fingerprint density at radius 3 is 2.74 bits per heavy atom. The van der Waals surface area contributed by atoms with E-state index < -0.39 is 12.0 Å². The van der Waals surface area contributed by atoms with E-state index in [-0.39, 0.29) is 0 Å². The Kier molecular flexibility index (Phi) is 3.50. The lowest BCUT2D eigenvalue weighted by Gasteiger charge is -2.31. The molecule has 0 aliphatic carbocycles. The molecule has 0 radical (unpaired) electrons. The molecule has 1 aromatic heterocycles. The van der Waals surface area contributed by atoms with Crippen molar-refractivity contribution in [2.75, 3.05) is 26.3 Å². The number of thiophene rings is 1. The highest BCUT2D eigenvalue weighted by atomic mass is 32.1. The van der Waals surface area contributed by atoms with Gasteiger partial charge in [0.2, 0.25) is 0 Å². The molecular weight excluding hydrogens is 262 g/mol. The van der Waals surface area contributed by atoms with E-state index in [1.54, 1.807) is 11.3 Å². The molecule has 1 unspecified atom stereocenters. The van der Waals surface area contributed by atoms with Gasteiger partial charge in [-0.1, -0.05) is 18.2 Å². The molecule has 0 amide bonds. The number of rotatable bonds is 3. The first-order chi connectivity index (χ1) is 9.25. The van der Waals surface area contributed by atoms with Crippen LogP contribution in [0.1, 0.15) is 10.9 Å². The Hall–Kier alpha value is -1.43. The van der Waals surface area contributed by atoms with Gasteiger partial charge in [0.25, 0.3) is 0 Å². The van der Waals surface area contributed by atoms with Crippen molar-refractivity contribution >= 4 is 27.4 Å². The fraction of sp³-hybridized carbons (Fsp3) is 0.357. The summed E-state index contributed by atoms with van der Waals surface area (Å²) in [4.78, 5) is 14.5. The molecule has 1 aromatic carbocycles. The summed E-state index contributed by atoms with van der Waals surface area (Å²) in [7, 11) is 0. The number of hydrogen-bond acceptors (Lipinski definition) is 4. The average molecular weight is 277 g/mol. The number of nitrogens with zero attached hydrogens (tertiary/aromatic N) is 1. The van der Waals surface area contributed by atoms with Crippen LogP contribution in [0.3, 0.4) is 0 Å². The molecule has 2 aromatic rings. The van der Waals surface area contributed by atoms with E-state index in [1.165, 1.54) is 0 Å². The average Bonchev–Trinajstić information content (AvgIpc) is 2.82. The molecule has 1 atom stereocenters. The molecular formula is C14H15NO3S. The van der Waals surface area contributed by atoms with Crippen LogP contribution in [0.2, 0.25) is 0 Å². The minimum Gasteiger partial charge on any atom is -0.480 e. The normalized spacial score (nSPS) is 18.5. The molecule has 0 spiro atoms. The highest BCUT2D eigenvalue weighted by Gasteiger charge is 2.30. The first kappa shape index (κ1) is 12.6. The zero-order valence-electron chi connectivity index (χ0n) is 10.4. The molecule has 3 rings (SSSR count). The zero-order valence-corrected chi connectivity index (χ0v) is 11.2. The minimum atomic E-state index is -0.784. The first-order valence-corrected chi connectivity index (χ1v) is 7.10. The maximum absolute atomic E-state index is 11.6. The van der Waals surface area contributed by atoms with E-state index in [0.29, 0.717) is 26.3 Å². The molecule has 4 nitrogen and oxygen atoms in total. The Morgan fingerprint density at radius 2 is 2.05 bits per heavy atom. The van der Waals surface area contributed by atoms with Crippen LogP contribution < -0.4 is 0 Å². The molecule has 19 heavy (non-hydrogen) atoms. The lowest BCUT2D eigenvalue weighted by atomic mass is 10.1. The first-order valence-electron chi connectivity index (χ1n) is 6.29. The van der Waals surface area contributed by atoms with Crippen LogP contribution in [0, 0.1) is 0 Å². The number of carboxylic acid groups (broad SMARTS) is 1. The van der Waals surface area contributed by atoms with Gasteiger partial charge in [-0.2, -0.15) is 0 Å². The second kappa shape index (κ2) is 5.28. The van der Waals surface area contributed by atoms with Crippen molar-refractivity contribution < 1.29 is 14.6 Å². The summed E-state index contributed by atoms with van der Waals surface area (Å²) in [5.74, 6) is -0.784. The van der Waals surface area contributed by atoms with Crippen molar-refractivity contribution in [3.63, 3.8) is 0 Å². The summed E-state index contributed by atoms with van der Waals surface area (Å²) in [5, 5.41) is 10.6. The molecule has 0 bridgehead atoms. The minimum absolute atomic E-state index is 0.554. The van der Waals surface area contributed by atoms with E-state index in [2.05, 4.69) is 0 Å². The van der Waals surface area contributed by atoms with Gasteiger partial charge in [-0.15, -0.1) is 11.3 Å². The SMILES string of the molecule is O=C(O)C(c1cc2ccccc2s1)N1CCOCC1. The van der Waals surface area contributed by atoms with Crippen LogP contribution in [0.5, 0.6) is 0 Å². The number of ether oxygens (including phenoxy) is 1. The summed E-state index contributed by atoms with van der Waals surface area (Å²) in [5.41, 5.74) is 0. The molecule has 2 heterocycles. The van der Waals surface area contributed by atoms with E-state index in [9.17, 15) is 9.90 Å². The molecule has 0 saturated carbocycles. The lowest BCUT2D eigenvalue weighted by molar-refractivity contribution is -0.145.